The van der Waals surface area contributed by atoms with E-state index in [9.17, 15) is 4.79 Å². The number of carbonyl (C=O) groups is 1. The first-order chi connectivity index (χ1) is 20.0. The van der Waals surface area contributed by atoms with Gasteiger partial charge in [-0.3, -0.25) is 5.41 Å². The fourth-order valence-corrected chi connectivity index (χ4v) is 5.88. The van der Waals surface area contributed by atoms with Gasteiger partial charge in [0.25, 0.3) is 0 Å². The fourth-order valence-electron chi connectivity index (χ4n) is 5.88. The van der Waals surface area contributed by atoms with Gasteiger partial charge in [0.15, 0.2) is 0 Å². The molecule has 4 N–H and O–H groups in total. The molecule has 0 amide bonds. The fraction of sp³-hybridized carbons (Fsp3) is 0.242. The number of hydrogen-bond donors (Lipinski definition) is 3. The first-order valence-electron chi connectivity index (χ1n) is 14.0. The monoisotopic (exact) mass is 546 g/mol. The second kappa shape index (κ2) is 11.4. The van der Waals surface area contributed by atoms with Crippen molar-refractivity contribution in [3.63, 3.8) is 0 Å². The van der Waals surface area contributed by atoms with E-state index in [4.69, 9.17) is 20.9 Å². The molecule has 4 aromatic carbocycles. The summed E-state index contributed by atoms with van der Waals surface area (Å²) in [4.78, 5) is 19.1. The summed E-state index contributed by atoms with van der Waals surface area (Å²) in [7, 11) is 1.40. The van der Waals surface area contributed by atoms with Gasteiger partial charge in [0.1, 0.15) is 5.84 Å². The molecule has 6 rings (SSSR count). The van der Waals surface area contributed by atoms with Crippen LogP contribution in [-0.2, 0) is 17.8 Å². The van der Waals surface area contributed by atoms with E-state index in [1.807, 2.05) is 54.9 Å². The number of nitrogens with zero attached hydrogens (tertiary/aromatic N) is 3. The van der Waals surface area contributed by atoms with Crippen molar-refractivity contribution in [2.75, 3.05) is 25.1 Å². The van der Waals surface area contributed by atoms with Gasteiger partial charge in [-0.15, -0.1) is 0 Å². The molecule has 8 nitrogen and oxygen atoms in total. The molecule has 1 saturated heterocycles. The average Bonchev–Trinajstić information content (AvgIpc) is 3.42. The van der Waals surface area contributed by atoms with Crippen molar-refractivity contribution < 1.29 is 9.53 Å². The number of piperidine rings is 1. The van der Waals surface area contributed by atoms with Gasteiger partial charge < -0.3 is 25.3 Å². The molecule has 0 bridgehead atoms. The van der Waals surface area contributed by atoms with Gasteiger partial charge in [-0.25, -0.2) is 9.78 Å². The highest BCUT2D eigenvalue weighted by atomic mass is 16.5. The predicted molar refractivity (Wildman–Crippen MR) is 164 cm³/mol. The Labute approximate surface area is 239 Å². The summed E-state index contributed by atoms with van der Waals surface area (Å²) in [6.45, 7) is 3.38. The number of aromatic nitrogens is 2. The zero-order valence-electron chi connectivity index (χ0n) is 23.1. The van der Waals surface area contributed by atoms with Gasteiger partial charge in [0.2, 0.25) is 0 Å². The molecule has 8 heteroatoms. The number of benzene rings is 4. The number of rotatable bonds is 8. The van der Waals surface area contributed by atoms with Crippen molar-refractivity contribution in [3.8, 4) is 0 Å². The third-order valence-corrected chi connectivity index (χ3v) is 8.06. The van der Waals surface area contributed by atoms with Crippen molar-refractivity contribution in [2.24, 2.45) is 5.73 Å². The predicted octanol–water partition coefficient (Wildman–Crippen LogP) is 5.07. The van der Waals surface area contributed by atoms with Crippen molar-refractivity contribution in [2.45, 2.75) is 32.0 Å². The topological polar surface area (TPSA) is 109 Å². The summed E-state index contributed by atoms with van der Waals surface area (Å²) in [5.74, 6) is -0.252. The average molecular weight is 547 g/mol. The number of fused-ring (bicyclic) bond motifs is 2. The van der Waals surface area contributed by atoms with Crippen LogP contribution in [0.3, 0.4) is 0 Å². The molecular weight excluding hydrogens is 512 g/mol. The van der Waals surface area contributed by atoms with Gasteiger partial charge >= 0.3 is 5.97 Å². The molecule has 0 saturated carbocycles. The Kier molecular flexibility index (Phi) is 7.39. The van der Waals surface area contributed by atoms with E-state index in [-0.39, 0.29) is 11.8 Å². The van der Waals surface area contributed by atoms with E-state index in [1.54, 1.807) is 0 Å². The molecule has 0 atom stereocenters. The number of esters is 1. The maximum absolute atomic E-state index is 11.9. The van der Waals surface area contributed by atoms with E-state index < -0.39 is 0 Å². The number of nitrogens with two attached hydrogens (primary N) is 1. The van der Waals surface area contributed by atoms with E-state index >= 15 is 0 Å². The van der Waals surface area contributed by atoms with E-state index in [0.717, 1.165) is 76.7 Å². The van der Waals surface area contributed by atoms with Crippen molar-refractivity contribution in [1.29, 1.82) is 5.41 Å². The van der Waals surface area contributed by atoms with E-state index in [2.05, 4.69) is 45.1 Å². The lowest BCUT2D eigenvalue weighted by Crippen LogP contribution is -2.43. The molecule has 2 heterocycles. The van der Waals surface area contributed by atoms with Crippen LogP contribution in [0, 0.1) is 5.41 Å². The number of ether oxygens (including phenoxy) is 1. The van der Waals surface area contributed by atoms with Crippen molar-refractivity contribution in [3.05, 3.63) is 107 Å². The first-order valence-corrected chi connectivity index (χ1v) is 14.0. The van der Waals surface area contributed by atoms with Crippen LogP contribution in [0.1, 0.15) is 39.9 Å². The van der Waals surface area contributed by atoms with Crippen LogP contribution >= 0.6 is 0 Å². The second-order valence-corrected chi connectivity index (χ2v) is 10.6. The number of carbonyl (C=O) groups excluding carboxylic acids is 1. The Balaban J connectivity index is 1.35. The molecule has 1 fully saturated rings. The third kappa shape index (κ3) is 5.38. The minimum absolute atomic E-state index is 0.0726. The lowest BCUT2D eigenvalue weighted by atomic mass is 9.99. The smallest absolute Gasteiger partial charge is 0.337 e. The lowest BCUT2D eigenvalue weighted by molar-refractivity contribution is 0.0600. The summed E-state index contributed by atoms with van der Waals surface area (Å²) in [5, 5.41) is 13.5. The highest BCUT2D eigenvalue weighted by molar-refractivity contribution is 6.08. The molecule has 1 aliphatic rings. The Bertz CT molecular complexity index is 1720. The Morgan fingerprint density at radius 2 is 1.80 bits per heavy atom. The van der Waals surface area contributed by atoms with E-state index in [0.29, 0.717) is 18.2 Å². The highest BCUT2D eigenvalue weighted by Gasteiger charge is 2.23. The van der Waals surface area contributed by atoms with Crippen LogP contribution in [0.2, 0.25) is 0 Å². The van der Waals surface area contributed by atoms with Crippen LogP contribution in [-0.4, -0.2) is 47.6 Å². The summed E-state index contributed by atoms with van der Waals surface area (Å²) in [6.07, 6.45) is 4.03. The number of anilines is 1. The molecule has 0 aliphatic carbocycles. The number of amidine groups is 1. The number of hydrogen-bond acceptors (Lipinski definition) is 6. The second-order valence-electron chi connectivity index (χ2n) is 10.6. The zero-order valence-corrected chi connectivity index (χ0v) is 23.1. The molecule has 208 valence electrons. The van der Waals surface area contributed by atoms with Gasteiger partial charge in [-0.2, -0.15) is 0 Å². The summed E-state index contributed by atoms with van der Waals surface area (Å²) >= 11 is 0. The van der Waals surface area contributed by atoms with Crippen LogP contribution in [0.4, 0.5) is 5.69 Å². The lowest BCUT2D eigenvalue weighted by Gasteiger charge is -2.36. The van der Waals surface area contributed by atoms with Crippen LogP contribution < -0.4 is 16.0 Å². The van der Waals surface area contributed by atoms with Crippen LogP contribution in [0.5, 0.6) is 0 Å². The Morgan fingerprint density at radius 1 is 1.05 bits per heavy atom. The normalized spacial score (nSPS) is 13.9. The Morgan fingerprint density at radius 3 is 2.54 bits per heavy atom. The molecule has 5 aromatic rings. The van der Waals surface area contributed by atoms with Gasteiger partial charge in [0.05, 0.1) is 30.0 Å². The number of nitrogens with one attached hydrogen (secondary N) is 2. The molecule has 1 aromatic heterocycles. The maximum atomic E-state index is 11.9. The SMILES string of the molecule is COC(=O)c1ccc(CN(c2ccc3ncn(Cc4ccc(C(=N)N)c5ccccc45)c3c2)C2CCNCC2)cc1. The molecule has 0 unspecified atom stereocenters. The minimum Gasteiger partial charge on any atom is -0.465 e. The van der Waals surface area contributed by atoms with Crippen molar-refractivity contribution in [1.82, 2.24) is 14.9 Å². The standard InChI is InChI=1S/C33H34N6O2/c1-41-33(40)23-8-6-22(7-9-23)19-39(25-14-16-36-17-15-25)26-11-13-30-31(18-26)38(21-37-30)20-24-10-12-29(32(34)35)28-5-3-2-4-27(24)28/h2-13,18,21,25,36H,14-17,19-20H2,1H3,(H3,34,35). The quantitative estimate of drug-likeness (QED) is 0.143. The first kappa shape index (κ1) is 26.5. The van der Waals surface area contributed by atoms with Crippen LogP contribution in [0.25, 0.3) is 21.8 Å². The Hall–Kier alpha value is -4.69. The number of imidazole rings is 1. The van der Waals surface area contributed by atoms with Gasteiger partial charge in [0, 0.05) is 30.4 Å². The summed E-state index contributed by atoms with van der Waals surface area (Å²) < 4.78 is 7.06. The molecular formula is C33H34N6O2. The largest absolute Gasteiger partial charge is 0.465 e. The van der Waals surface area contributed by atoms with E-state index in [1.165, 1.54) is 7.11 Å². The van der Waals surface area contributed by atoms with Crippen molar-refractivity contribution >= 4 is 39.3 Å². The number of methoxy groups -OCH3 is 1. The van der Waals surface area contributed by atoms with Crippen LogP contribution in [0.15, 0.2) is 85.2 Å². The molecule has 41 heavy (non-hydrogen) atoms. The zero-order chi connectivity index (χ0) is 28.3. The maximum Gasteiger partial charge on any atom is 0.337 e. The molecule has 0 radical (unpaired) electrons. The van der Waals surface area contributed by atoms with Gasteiger partial charge in [-0.1, -0.05) is 48.5 Å². The summed E-state index contributed by atoms with van der Waals surface area (Å²) in [5.41, 5.74) is 12.6. The molecule has 1 aliphatic heterocycles. The molecule has 0 spiro atoms. The highest BCUT2D eigenvalue weighted by Crippen LogP contribution is 2.29. The number of nitrogen functional groups attached to an aromatic ring is 1. The van der Waals surface area contributed by atoms with Gasteiger partial charge in [-0.05, 0) is 78.2 Å². The summed E-state index contributed by atoms with van der Waals surface area (Å²) in [6, 6.07) is 26.7. The minimum atomic E-state index is -0.325. The third-order valence-electron chi connectivity index (χ3n) is 8.06.